The van der Waals surface area contributed by atoms with Crippen LogP contribution in [0.15, 0.2) is 21.2 Å². The van der Waals surface area contributed by atoms with Gasteiger partial charge in [0.1, 0.15) is 5.76 Å². The van der Waals surface area contributed by atoms with E-state index in [2.05, 4.69) is 33.1 Å². The molecule has 0 amide bonds. The molecule has 1 unspecified atom stereocenters. The number of piperazine rings is 1. The van der Waals surface area contributed by atoms with Gasteiger partial charge < -0.3 is 9.73 Å². The van der Waals surface area contributed by atoms with Crippen LogP contribution in [0.3, 0.4) is 0 Å². The number of hydrogen-bond donors (Lipinski definition) is 1. The first kappa shape index (κ1) is 10.2. The maximum Gasteiger partial charge on any atom is 0.131 e. The van der Waals surface area contributed by atoms with Crippen molar-refractivity contribution in [2.45, 2.75) is 19.5 Å². The van der Waals surface area contributed by atoms with Crippen LogP contribution in [-0.4, -0.2) is 30.6 Å². The van der Waals surface area contributed by atoms with Crippen LogP contribution in [0.4, 0.5) is 0 Å². The summed E-state index contributed by atoms with van der Waals surface area (Å²) in [6, 6.07) is 2.53. The second-order valence-electron chi connectivity index (χ2n) is 3.78. The maximum absolute atomic E-state index is 5.39. The van der Waals surface area contributed by atoms with Gasteiger partial charge in [-0.2, -0.15) is 0 Å². The Balaban J connectivity index is 1.94. The molecule has 1 aliphatic rings. The van der Waals surface area contributed by atoms with Gasteiger partial charge in [-0.05, 0) is 28.9 Å². The van der Waals surface area contributed by atoms with Crippen molar-refractivity contribution < 1.29 is 4.42 Å². The van der Waals surface area contributed by atoms with Crippen molar-refractivity contribution in [3.8, 4) is 0 Å². The molecule has 1 aromatic heterocycles. The van der Waals surface area contributed by atoms with E-state index in [1.165, 1.54) is 0 Å². The highest BCUT2D eigenvalue weighted by atomic mass is 79.9. The minimum absolute atomic E-state index is 0.581. The third kappa shape index (κ3) is 2.38. The number of rotatable bonds is 2. The van der Waals surface area contributed by atoms with Gasteiger partial charge in [-0.25, -0.2) is 0 Å². The van der Waals surface area contributed by atoms with Gasteiger partial charge in [0.25, 0.3) is 0 Å². The third-order valence-corrected chi connectivity index (χ3v) is 3.22. The summed E-state index contributed by atoms with van der Waals surface area (Å²) in [5.74, 6) is 1.03. The predicted molar refractivity (Wildman–Crippen MR) is 59.1 cm³/mol. The lowest BCUT2D eigenvalue weighted by molar-refractivity contribution is 0.186. The van der Waals surface area contributed by atoms with Crippen LogP contribution < -0.4 is 5.32 Å². The number of nitrogens with zero attached hydrogens (tertiary/aromatic N) is 1. The topological polar surface area (TPSA) is 28.4 Å². The molecular weight excluding hydrogens is 244 g/mol. The fourth-order valence-corrected chi connectivity index (χ4v) is 2.12. The maximum atomic E-state index is 5.39. The molecule has 1 N–H and O–H groups in total. The Labute approximate surface area is 92.6 Å². The first-order valence-corrected chi connectivity index (χ1v) is 5.72. The molecule has 0 aliphatic carbocycles. The lowest BCUT2D eigenvalue weighted by Crippen LogP contribution is -2.48. The predicted octanol–water partition coefficient (Wildman–Crippen LogP) is 1.84. The van der Waals surface area contributed by atoms with Crippen LogP contribution in [0.1, 0.15) is 12.7 Å². The molecule has 2 rings (SSSR count). The highest BCUT2D eigenvalue weighted by Crippen LogP contribution is 2.19. The summed E-state index contributed by atoms with van der Waals surface area (Å²) < 4.78 is 6.47. The van der Waals surface area contributed by atoms with E-state index in [4.69, 9.17) is 4.42 Å². The molecule has 0 aromatic carbocycles. The minimum Gasteiger partial charge on any atom is -0.467 e. The summed E-state index contributed by atoms with van der Waals surface area (Å²) in [5.41, 5.74) is 0. The van der Waals surface area contributed by atoms with Crippen LogP contribution in [0, 0.1) is 0 Å². The zero-order chi connectivity index (χ0) is 9.97. The van der Waals surface area contributed by atoms with Gasteiger partial charge in [-0.1, -0.05) is 0 Å². The summed E-state index contributed by atoms with van der Waals surface area (Å²) in [6.45, 7) is 6.37. The molecule has 2 heterocycles. The largest absolute Gasteiger partial charge is 0.467 e. The van der Waals surface area contributed by atoms with Crippen molar-refractivity contribution >= 4 is 15.9 Å². The Morgan fingerprint density at radius 1 is 1.71 bits per heavy atom. The fraction of sp³-hybridized carbons (Fsp3) is 0.600. The monoisotopic (exact) mass is 258 g/mol. The van der Waals surface area contributed by atoms with Gasteiger partial charge in [0.05, 0.1) is 17.3 Å². The molecule has 0 radical (unpaired) electrons. The first-order chi connectivity index (χ1) is 6.75. The molecular formula is C10H15BrN2O. The molecule has 1 aliphatic heterocycles. The average Bonchev–Trinajstić information content (AvgIpc) is 2.52. The molecule has 14 heavy (non-hydrogen) atoms. The van der Waals surface area contributed by atoms with E-state index in [1.54, 1.807) is 6.26 Å². The summed E-state index contributed by atoms with van der Waals surface area (Å²) >= 11 is 3.47. The van der Waals surface area contributed by atoms with E-state index < -0.39 is 0 Å². The lowest BCUT2D eigenvalue weighted by Gasteiger charge is -2.31. The van der Waals surface area contributed by atoms with Crippen LogP contribution in [0.5, 0.6) is 0 Å². The minimum atomic E-state index is 0.581. The molecule has 78 valence electrons. The van der Waals surface area contributed by atoms with Crippen molar-refractivity contribution in [2.75, 3.05) is 19.6 Å². The van der Waals surface area contributed by atoms with Gasteiger partial charge in [0.2, 0.25) is 0 Å². The highest BCUT2D eigenvalue weighted by molar-refractivity contribution is 9.10. The second kappa shape index (κ2) is 4.47. The summed E-state index contributed by atoms with van der Waals surface area (Å²) in [4.78, 5) is 2.41. The van der Waals surface area contributed by atoms with E-state index in [0.717, 1.165) is 36.4 Å². The average molecular weight is 259 g/mol. The number of furan rings is 1. The van der Waals surface area contributed by atoms with E-state index in [0.29, 0.717) is 6.04 Å². The van der Waals surface area contributed by atoms with Crippen molar-refractivity contribution in [1.29, 1.82) is 0 Å². The Morgan fingerprint density at radius 3 is 3.21 bits per heavy atom. The van der Waals surface area contributed by atoms with Crippen LogP contribution in [0.2, 0.25) is 0 Å². The Morgan fingerprint density at radius 2 is 2.57 bits per heavy atom. The fourth-order valence-electron chi connectivity index (χ4n) is 1.80. The zero-order valence-corrected chi connectivity index (χ0v) is 9.88. The van der Waals surface area contributed by atoms with Crippen LogP contribution >= 0.6 is 15.9 Å². The lowest BCUT2D eigenvalue weighted by atomic mass is 10.2. The highest BCUT2D eigenvalue weighted by Gasteiger charge is 2.17. The van der Waals surface area contributed by atoms with E-state index in [-0.39, 0.29) is 0 Å². The van der Waals surface area contributed by atoms with Gasteiger partial charge in [-0.3, -0.25) is 4.90 Å². The first-order valence-electron chi connectivity index (χ1n) is 4.93. The van der Waals surface area contributed by atoms with Gasteiger partial charge >= 0.3 is 0 Å². The van der Waals surface area contributed by atoms with E-state index in [9.17, 15) is 0 Å². The molecule has 4 heteroatoms. The van der Waals surface area contributed by atoms with Gasteiger partial charge in [0.15, 0.2) is 0 Å². The summed E-state index contributed by atoms with van der Waals surface area (Å²) in [6.07, 6.45) is 1.73. The van der Waals surface area contributed by atoms with Crippen LogP contribution in [-0.2, 0) is 6.54 Å². The molecule has 0 bridgehead atoms. The zero-order valence-electron chi connectivity index (χ0n) is 8.29. The van der Waals surface area contributed by atoms with Gasteiger partial charge in [0, 0.05) is 25.7 Å². The van der Waals surface area contributed by atoms with Crippen molar-refractivity contribution in [2.24, 2.45) is 0 Å². The smallest absolute Gasteiger partial charge is 0.131 e. The summed E-state index contributed by atoms with van der Waals surface area (Å²) in [7, 11) is 0. The Bertz CT molecular complexity index is 300. The second-order valence-corrected chi connectivity index (χ2v) is 4.64. The van der Waals surface area contributed by atoms with Crippen LogP contribution in [0.25, 0.3) is 0 Å². The quantitative estimate of drug-likeness (QED) is 0.878. The molecule has 1 atom stereocenters. The third-order valence-electron chi connectivity index (χ3n) is 2.51. The molecule has 3 nitrogen and oxygen atoms in total. The number of halogens is 1. The van der Waals surface area contributed by atoms with Crippen molar-refractivity contribution in [1.82, 2.24) is 10.2 Å². The molecule has 0 saturated carbocycles. The number of nitrogens with one attached hydrogen (secondary N) is 1. The molecule has 0 spiro atoms. The normalized spacial score (nSPS) is 24.0. The van der Waals surface area contributed by atoms with Crippen molar-refractivity contribution in [3.63, 3.8) is 0 Å². The Hall–Kier alpha value is -0.320. The molecule has 1 saturated heterocycles. The SMILES string of the molecule is CC1CN(Cc2occc2Br)CCN1. The van der Waals surface area contributed by atoms with Gasteiger partial charge in [-0.15, -0.1) is 0 Å². The Kier molecular flexibility index (Phi) is 3.26. The molecule has 1 aromatic rings. The van der Waals surface area contributed by atoms with E-state index >= 15 is 0 Å². The summed E-state index contributed by atoms with van der Waals surface area (Å²) in [5, 5.41) is 3.42. The van der Waals surface area contributed by atoms with Crippen molar-refractivity contribution in [3.05, 3.63) is 22.6 Å². The van der Waals surface area contributed by atoms with E-state index in [1.807, 2.05) is 6.07 Å². The number of hydrogen-bond acceptors (Lipinski definition) is 3. The molecule has 1 fully saturated rings. The standard InChI is InChI=1S/C10H15BrN2O/c1-8-6-13(4-3-12-8)7-10-9(11)2-5-14-10/h2,5,8,12H,3-4,6-7H2,1H3.